The molecule has 3 nitrogen and oxygen atoms in total. The van der Waals surface area contributed by atoms with Crippen molar-refractivity contribution in [1.82, 2.24) is 0 Å². The summed E-state index contributed by atoms with van der Waals surface area (Å²) in [6.45, 7) is 4.08. The molecule has 0 radical (unpaired) electrons. The fourth-order valence-corrected chi connectivity index (χ4v) is 3.20. The quantitative estimate of drug-likeness (QED) is 0.713. The Morgan fingerprint density at radius 2 is 2.22 bits per heavy atom. The van der Waals surface area contributed by atoms with Crippen LogP contribution in [0, 0.1) is 5.92 Å². The molecular formula is C15H18O3. The summed E-state index contributed by atoms with van der Waals surface area (Å²) >= 11 is 0. The highest BCUT2D eigenvalue weighted by Gasteiger charge is 2.44. The maximum atomic E-state index is 11.6. The zero-order chi connectivity index (χ0) is 12.9. The van der Waals surface area contributed by atoms with Gasteiger partial charge >= 0.3 is 0 Å². The average Bonchev–Trinajstić information content (AvgIpc) is 2.27. The third-order valence-electron chi connectivity index (χ3n) is 4.05. The fraction of sp³-hybridized carbons (Fsp3) is 0.533. The second kappa shape index (κ2) is 3.82. The average molecular weight is 246 g/mol. The molecule has 0 aromatic carbocycles. The summed E-state index contributed by atoms with van der Waals surface area (Å²) in [5.74, 6) is 0.939. The monoisotopic (exact) mass is 246 g/mol. The highest BCUT2D eigenvalue weighted by molar-refractivity contribution is 6.01. The summed E-state index contributed by atoms with van der Waals surface area (Å²) in [6.07, 6.45) is 7.24. The molecule has 0 saturated heterocycles. The summed E-state index contributed by atoms with van der Waals surface area (Å²) in [6, 6.07) is 0. The lowest BCUT2D eigenvalue weighted by Crippen LogP contribution is -2.42. The normalized spacial score (nSPS) is 33.5. The van der Waals surface area contributed by atoms with E-state index >= 15 is 0 Å². The summed E-state index contributed by atoms with van der Waals surface area (Å²) in [5.41, 5.74) is 1.48. The van der Waals surface area contributed by atoms with E-state index < -0.39 is 6.10 Å². The molecule has 0 aromatic heterocycles. The molecule has 96 valence electrons. The lowest BCUT2D eigenvalue weighted by atomic mass is 9.72. The van der Waals surface area contributed by atoms with E-state index in [1.807, 2.05) is 19.9 Å². The third-order valence-corrected chi connectivity index (χ3v) is 4.05. The molecule has 0 spiro atoms. The first-order valence-corrected chi connectivity index (χ1v) is 6.53. The van der Waals surface area contributed by atoms with Crippen molar-refractivity contribution in [2.24, 2.45) is 5.92 Å². The van der Waals surface area contributed by atoms with Crippen LogP contribution >= 0.6 is 0 Å². The van der Waals surface area contributed by atoms with Crippen molar-refractivity contribution >= 4 is 5.78 Å². The fourth-order valence-electron chi connectivity index (χ4n) is 3.20. The van der Waals surface area contributed by atoms with Crippen molar-refractivity contribution in [3.05, 3.63) is 35.1 Å². The van der Waals surface area contributed by atoms with Crippen molar-refractivity contribution < 1.29 is 14.6 Å². The Morgan fingerprint density at radius 3 is 3.00 bits per heavy atom. The van der Waals surface area contributed by atoms with Crippen molar-refractivity contribution in [3.8, 4) is 0 Å². The Morgan fingerprint density at radius 1 is 1.44 bits per heavy atom. The van der Waals surface area contributed by atoms with Crippen molar-refractivity contribution in [3.63, 3.8) is 0 Å². The number of aliphatic hydroxyl groups excluding tert-OH is 1. The largest absolute Gasteiger partial charge is 0.491 e. The molecule has 3 rings (SSSR count). The second-order valence-electron chi connectivity index (χ2n) is 5.79. The summed E-state index contributed by atoms with van der Waals surface area (Å²) in [5, 5.41) is 10.2. The van der Waals surface area contributed by atoms with Crippen LogP contribution in [0.5, 0.6) is 0 Å². The Bertz CT molecular complexity index is 494. The Hall–Kier alpha value is -1.35. The van der Waals surface area contributed by atoms with E-state index in [2.05, 4.69) is 0 Å². The van der Waals surface area contributed by atoms with Crippen LogP contribution in [0.15, 0.2) is 35.1 Å². The van der Waals surface area contributed by atoms with Gasteiger partial charge in [-0.3, -0.25) is 4.79 Å². The van der Waals surface area contributed by atoms with Crippen LogP contribution < -0.4 is 0 Å². The minimum atomic E-state index is -0.488. The van der Waals surface area contributed by atoms with Gasteiger partial charge in [-0.05, 0) is 44.4 Å². The minimum absolute atomic E-state index is 0.00331. The van der Waals surface area contributed by atoms with Crippen LogP contribution in [0.1, 0.15) is 33.1 Å². The number of hydrogen-bond donors (Lipinski definition) is 1. The summed E-state index contributed by atoms with van der Waals surface area (Å²) < 4.78 is 6.07. The number of carbonyl (C=O) groups excluding carboxylic acids is 1. The summed E-state index contributed by atoms with van der Waals surface area (Å²) in [4.78, 5) is 11.6. The lowest BCUT2D eigenvalue weighted by Gasteiger charge is -2.45. The number of rotatable bonds is 0. The highest BCUT2D eigenvalue weighted by Crippen LogP contribution is 2.47. The highest BCUT2D eigenvalue weighted by atomic mass is 16.5. The molecule has 0 bridgehead atoms. The molecule has 0 fully saturated rings. The molecule has 18 heavy (non-hydrogen) atoms. The van der Waals surface area contributed by atoms with Gasteiger partial charge in [0.2, 0.25) is 0 Å². The van der Waals surface area contributed by atoms with Gasteiger partial charge in [-0.1, -0.05) is 6.08 Å². The number of allylic oxidation sites excluding steroid dienone is 3. The van der Waals surface area contributed by atoms with E-state index in [0.717, 1.165) is 36.2 Å². The number of fused-ring (bicyclic) bond motifs is 2. The van der Waals surface area contributed by atoms with Crippen LogP contribution in [0.3, 0.4) is 0 Å². The molecule has 0 amide bonds. The molecule has 3 aliphatic rings. The molecule has 1 N–H and O–H groups in total. The summed E-state index contributed by atoms with van der Waals surface area (Å²) in [7, 11) is 0. The van der Waals surface area contributed by atoms with E-state index in [4.69, 9.17) is 4.74 Å². The first kappa shape index (κ1) is 11.7. The number of ketones is 1. The first-order chi connectivity index (χ1) is 8.49. The van der Waals surface area contributed by atoms with Gasteiger partial charge in [-0.25, -0.2) is 0 Å². The van der Waals surface area contributed by atoms with Gasteiger partial charge in [-0.15, -0.1) is 0 Å². The molecule has 2 unspecified atom stereocenters. The SMILES string of the molecule is CC1(C)OC2=C(C3=CC(=O)C=CC31)C(O)CCC2. The van der Waals surface area contributed by atoms with E-state index in [0.29, 0.717) is 0 Å². The zero-order valence-corrected chi connectivity index (χ0v) is 10.8. The number of carbonyl (C=O) groups is 1. The van der Waals surface area contributed by atoms with Crippen LogP contribution in [0.2, 0.25) is 0 Å². The van der Waals surface area contributed by atoms with Crippen molar-refractivity contribution in [2.45, 2.75) is 44.8 Å². The van der Waals surface area contributed by atoms with Gasteiger partial charge in [0.15, 0.2) is 5.78 Å². The van der Waals surface area contributed by atoms with E-state index in [1.54, 1.807) is 12.2 Å². The maximum Gasteiger partial charge on any atom is 0.178 e. The molecule has 2 aliphatic carbocycles. The van der Waals surface area contributed by atoms with Gasteiger partial charge < -0.3 is 9.84 Å². The smallest absolute Gasteiger partial charge is 0.178 e. The zero-order valence-electron chi connectivity index (χ0n) is 10.8. The van der Waals surface area contributed by atoms with Crippen molar-refractivity contribution in [1.29, 1.82) is 0 Å². The third kappa shape index (κ3) is 1.65. The minimum Gasteiger partial charge on any atom is -0.491 e. The Kier molecular flexibility index (Phi) is 2.49. The molecular weight excluding hydrogens is 228 g/mol. The topological polar surface area (TPSA) is 46.5 Å². The Labute approximate surface area is 107 Å². The molecule has 3 heteroatoms. The van der Waals surface area contributed by atoms with Gasteiger partial charge in [0.05, 0.1) is 6.10 Å². The van der Waals surface area contributed by atoms with Crippen LogP contribution in [-0.2, 0) is 9.53 Å². The Balaban J connectivity index is 2.15. The van der Waals surface area contributed by atoms with Crippen LogP contribution in [-0.4, -0.2) is 22.6 Å². The van der Waals surface area contributed by atoms with Crippen LogP contribution in [0.4, 0.5) is 0 Å². The standard InChI is InChI=1S/C15H18O3/c1-15(2)11-7-6-9(16)8-10(11)14-12(17)4-3-5-13(14)18-15/h6-8,11-12,17H,3-5H2,1-2H3. The van der Waals surface area contributed by atoms with E-state index in [-0.39, 0.29) is 17.3 Å². The van der Waals surface area contributed by atoms with Gasteiger partial charge in [0.1, 0.15) is 11.4 Å². The number of hydrogen-bond acceptors (Lipinski definition) is 3. The molecule has 1 heterocycles. The van der Waals surface area contributed by atoms with E-state index in [9.17, 15) is 9.90 Å². The predicted molar refractivity (Wildman–Crippen MR) is 67.8 cm³/mol. The van der Waals surface area contributed by atoms with Gasteiger partial charge in [0, 0.05) is 17.9 Å². The first-order valence-electron chi connectivity index (χ1n) is 6.53. The second-order valence-corrected chi connectivity index (χ2v) is 5.79. The molecule has 0 saturated carbocycles. The molecule has 2 atom stereocenters. The predicted octanol–water partition coefficient (Wildman–Crippen LogP) is 2.28. The number of ether oxygens (including phenoxy) is 1. The van der Waals surface area contributed by atoms with Gasteiger partial charge in [0.25, 0.3) is 0 Å². The van der Waals surface area contributed by atoms with Gasteiger partial charge in [-0.2, -0.15) is 0 Å². The van der Waals surface area contributed by atoms with Crippen LogP contribution in [0.25, 0.3) is 0 Å². The van der Waals surface area contributed by atoms with E-state index in [1.165, 1.54) is 0 Å². The number of aliphatic hydroxyl groups is 1. The maximum absolute atomic E-state index is 11.6. The lowest BCUT2D eigenvalue weighted by molar-refractivity contribution is -0.110. The molecule has 1 aliphatic heterocycles. The van der Waals surface area contributed by atoms with Crippen molar-refractivity contribution in [2.75, 3.05) is 0 Å². The molecule has 0 aromatic rings.